The second-order valence-electron chi connectivity index (χ2n) is 10.5. The average molecular weight is 546 g/mol. The zero-order chi connectivity index (χ0) is 28.5. The predicted molar refractivity (Wildman–Crippen MR) is 151 cm³/mol. The van der Waals surface area contributed by atoms with Crippen LogP contribution >= 0.6 is 0 Å². The minimum absolute atomic E-state index is 0.0434. The second kappa shape index (κ2) is 8.85. The molecular formula is C32H23N3O6. The highest BCUT2D eigenvalue weighted by Crippen LogP contribution is 2.58. The van der Waals surface area contributed by atoms with Crippen molar-refractivity contribution >= 4 is 40.1 Å². The Kier molecular flexibility index (Phi) is 5.34. The molecule has 0 saturated carbocycles. The Morgan fingerprint density at radius 2 is 1.68 bits per heavy atom. The van der Waals surface area contributed by atoms with E-state index in [-0.39, 0.29) is 22.9 Å². The summed E-state index contributed by atoms with van der Waals surface area (Å²) in [6.07, 6.45) is 3.35. The van der Waals surface area contributed by atoms with Gasteiger partial charge in [0.25, 0.3) is 5.69 Å². The quantitative estimate of drug-likeness (QED) is 0.201. The van der Waals surface area contributed by atoms with E-state index in [0.717, 1.165) is 16.8 Å². The normalized spacial score (nSPS) is 23.8. The fourth-order valence-electron chi connectivity index (χ4n) is 6.88. The number of carbonyl (C=O) groups excluding carboxylic acids is 3. The van der Waals surface area contributed by atoms with Gasteiger partial charge in [-0.2, -0.15) is 0 Å². The molecule has 9 nitrogen and oxygen atoms in total. The molecule has 4 atom stereocenters. The average Bonchev–Trinajstić information content (AvgIpc) is 3.70. The molecule has 1 amide bonds. The number of ketones is 2. The molecule has 3 aromatic carbocycles. The summed E-state index contributed by atoms with van der Waals surface area (Å²) in [7, 11) is 0. The molecule has 7 rings (SSSR count). The van der Waals surface area contributed by atoms with Crippen molar-refractivity contribution in [3.8, 4) is 0 Å². The summed E-state index contributed by atoms with van der Waals surface area (Å²) in [5, 5.41) is 14.3. The summed E-state index contributed by atoms with van der Waals surface area (Å²) in [6, 6.07) is 21.5. The fourth-order valence-corrected chi connectivity index (χ4v) is 6.88. The van der Waals surface area contributed by atoms with Crippen LogP contribution in [0.5, 0.6) is 0 Å². The van der Waals surface area contributed by atoms with Crippen LogP contribution in [0, 0.1) is 16.0 Å². The van der Waals surface area contributed by atoms with Crippen LogP contribution in [0.15, 0.2) is 102 Å². The molecule has 3 aliphatic heterocycles. The number of allylic oxidation sites excluding steroid dienone is 1. The summed E-state index contributed by atoms with van der Waals surface area (Å²) < 4.78 is 5.55. The van der Waals surface area contributed by atoms with Gasteiger partial charge < -0.3 is 14.6 Å². The molecule has 202 valence electrons. The number of para-hydroxylation sites is 2. The van der Waals surface area contributed by atoms with Gasteiger partial charge in [-0.15, -0.1) is 0 Å². The number of benzene rings is 3. The number of nitro groups is 1. The number of rotatable bonds is 5. The highest BCUT2D eigenvalue weighted by molar-refractivity contribution is 6.18. The van der Waals surface area contributed by atoms with Gasteiger partial charge in [0.2, 0.25) is 11.7 Å². The molecule has 4 aromatic rings. The molecule has 3 aliphatic rings. The molecule has 1 aromatic heterocycles. The molecule has 1 N–H and O–H groups in total. The number of hydrogen-bond donors (Lipinski definition) is 1. The van der Waals surface area contributed by atoms with Gasteiger partial charge in [0.1, 0.15) is 11.5 Å². The van der Waals surface area contributed by atoms with E-state index in [4.69, 9.17) is 4.42 Å². The van der Waals surface area contributed by atoms with E-state index in [2.05, 4.69) is 5.32 Å². The summed E-state index contributed by atoms with van der Waals surface area (Å²) in [6.45, 7) is 1.96. The highest BCUT2D eigenvalue weighted by Gasteiger charge is 2.70. The van der Waals surface area contributed by atoms with E-state index in [1.807, 2.05) is 60.4 Å². The number of anilines is 2. The van der Waals surface area contributed by atoms with Crippen molar-refractivity contribution in [2.45, 2.75) is 24.4 Å². The molecule has 0 unspecified atom stereocenters. The van der Waals surface area contributed by atoms with Crippen LogP contribution in [0.1, 0.15) is 39.0 Å². The van der Waals surface area contributed by atoms with Gasteiger partial charge in [-0.3, -0.25) is 24.5 Å². The molecule has 0 radical (unpaired) electrons. The second-order valence-corrected chi connectivity index (χ2v) is 10.5. The number of nitrogens with one attached hydrogen (secondary N) is 1. The van der Waals surface area contributed by atoms with E-state index in [0.29, 0.717) is 11.3 Å². The maximum Gasteiger partial charge on any atom is 0.269 e. The topological polar surface area (TPSA) is 123 Å². The predicted octanol–water partition coefficient (Wildman–Crippen LogP) is 5.43. The van der Waals surface area contributed by atoms with Crippen LogP contribution in [-0.4, -0.2) is 34.5 Å². The zero-order valence-corrected chi connectivity index (χ0v) is 21.8. The minimum atomic E-state index is -1.46. The van der Waals surface area contributed by atoms with Crippen molar-refractivity contribution < 1.29 is 23.7 Å². The van der Waals surface area contributed by atoms with Crippen molar-refractivity contribution in [2.24, 2.45) is 5.92 Å². The lowest BCUT2D eigenvalue weighted by atomic mass is 9.64. The van der Waals surface area contributed by atoms with E-state index < -0.39 is 39.9 Å². The first-order chi connectivity index (χ1) is 19.8. The number of nitro benzene ring substituents is 1. The number of Topliss-reactive ketones (excluding diaryl/α,β-unsaturated/α-hetero) is 2. The maximum absolute atomic E-state index is 14.6. The Morgan fingerprint density at radius 1 is 0.951 bits per heavy atom. The maximum atomic E-state index is 14.6. The van der Waals surface area contributed by atoms with Crippen LogP contribution in [0.4, 0.5) is 17.1 Å². The van der Waals surface area contributed by atoms with E-state index >= 15 is 0 Å². The number of non-ortho nitro benzene ring substituents is 1. The number of nitrogens with zero attached hydrogens (tertiary/aromatic N) is 2. The summed E-state index contributed by atoms with van der Waals surface area (Å²) >= 11 is 0. The van der Waals surface area contributed by atoms with Gasteiger partial charge in [-0.25, -0.2) is 0 Å². The molecule has 0 bridgehead atoms. The molecular weight excluding hydrogens is 522 g/mol. The largest absolute Gasteiger partial charge is 0.461 e. The van der Waals surface area contributed by atoms with Gasteiger partial charge in [0.05, 0.1) is 23.1 Å². The Hall–Kier alpha value is -5.31. The van der Waals surface area contributed by atoms with E-state index in [1.54, 1.807) is 12.1 Å². The standard InChI is InChI=1S/C32H23N3O6/c1-18-17-26-32(22-8-3-4-9-23(22)33-31(32)38)27(30(37)25-11-6-16-41-25)28(34(26)24-10-5-2-7-21(18)24)29(36)19-12-14-20(15-13-19)35(39)40/h2-17,26-28H,1H3,(H,33,38)/t26-,27-,28+,32-/m0/s1. The Bertz CT molecular complexity index is 1790. The van der Waals surface area contributed by atoms with Crippen LogP contribution in [-0.2, 0) is 10.2 Å². The molecule has 1 spiro atoms. The number of amides is 1. The third kappa shape index (κ3) is 3.32. The number of hydrogen-bond acceptors (Lipinski definition) is 7. The summed E-state index contributed by atoms with van der Waals surface area (Å²) in [5.74, 6) is -2.41. The van der Waals surface area contributed by atoms with Crippen molar-refractivity contribution in [3.63, 3.8) is 0 Å². The molecule has 9 heteroatoms. The van der Waals surface area contributed by atoms with Crippen molar-refractivity contribution in [1.82, 2.24) is 0 Å². The lowest BCUT2D eigenvalue weighted by molar-refractivity contribution is -0.384. The van der Waals surface area contributed by atoms with Gasteiger partial charge in [0, 0.05) is 34.6 Å². The zero-order valence-electron chi connectivity index (χ0n) is 21.8. The molecule has 4 heterocycles. The SMILES string of the molecule is CC1=C[C@@H]2N(c3ccccc31)[C@@H](C(=O)c1ccc([N+](=O)[O-])cc1)[C@@H](C(=O)c1ccco1)[C@@]21C(=O)Nc2ccccc21. The Labute approximate surface area is 234 Å². The van der Waals surface area contributed by atoms with Crippen LogP contribution in [0.3, 0.4) is 0 Å². The van der Waals surface area contributed by atoms with Crippen LogP contribution in [0.25, 0.3) is 5.57 Å². The lowest BCUT2D eigenvalue weighted by Crippen LogP contribution is -2.51. The summed E-state index contributed by atoms with van der Waals surface area (Å²) in [5.41, 5.74) is 2.33. The van der Waals surface area contributed by atoms with E-state index in [1.165, 1.54) is 36.6 Å². The Balaban J connectivity index is 1.53. The van der Waals surface area contributed by atoms with Crippen LogP contribution in [0.2, 0.25) is 0 Å². The smallest absolute Gasteiger partial charge is 0.269 e. The highest BCUT2D eigenvalue weighted by atomic mass is 16.6. The first-order valence-corrected chi connectivity index (χ1v) is 13.2. The lowest BCUT2D eigenvalue weighted by Gasteiger charge is -2.39. The molecule has 0 aliphatic carbocycles. The first-order valence-electron chi connectivity index (χ1n) is 13.2. The van der Waals surface area contributed by atoms with Gasteiger partial charge >= 0.3 is 0 Å². The monoisotopic (exact) mass is 545 g/mol. The molecule has 1 saturated heterocycles. The fraction of sp³-hybridized carbons (Fsp3) is 0.156. The first kappa shape index (κ1) is 24.7. The van der Waals surface area contributed by atoms with Gasteiger partial charge in [-0.05, 0) is 54.5 Å². The Morgan fingerprint density at radius 3 is 2.41 bits per heavy atom. The van der Waals surface area contributed by atoms with Crippen molar-refractivity contribution in [3.05, 3.63) is 130 Å². The van der Waals surface area contributed by atoms with Crippen molar-refractivity contribution in [2.75, 3.05) is 10.2 Å². The molecule has 41 heavy (non-hydrogen) atoms. The van der Waals surface area contributed by atoms with E-state index in [9.17, 15) is 24.5 Å². The summed E-state index contributed by atoms with van der Waals surface area (Å²) in [4.78, 5) is 56.0. The minimum Gasteiger partial charge on any atom is -0.461 e. The molecule has 1 fully saturated rings. The van der Waals surface area contributed by atoms with Crippen molar-refractivity contribution in [1.29, 1.82) is 0 Å². The number of fused-ring (bicyclic) bond motifs is 6. The van der Waals surface area contributed by atoms with Crippen LogP contribution < -0.4 is 10.2 Å². The number of furan rings is 1. The third-order valence-electron chi connectivity index (χ3n) is 8.56. The number of carbonyl (C=O) groups is 3. The van der Waals surface area contributed by atoms with Gasteiger partial charge in [-0.1, -0.05) is 42.5 Å². The van der Waals surface area contributed by atoms with Gasteiger partial charge in [0.15, 0.2) is 11.5 Å². The third-order valence-corrected chi connectivity index (χ3v) is 8.56.